The van der Waals surface area contributed by atoms with Crippen molar-refractivity contribution < 1.29 is 18.7 Å². The van der Waals surface area contributed by atoms with Gasteiger partial charge < -0.3 is 20.3 Å². The molecule has 0 bridgehead atoms. The van der Waals surface area contributed by atoms with Crippen molar-refractivity contribution in [3.8, 4) is 5.69 Å². The molecule has 10 heteroatoms. The van der Waals surface area contributed by atoms with Gasteiger partial charge in [0.25, 0.3) is 0 Å². The molecule has 190 valence electrons. The average molecular weight is 495 g/mol. The SMILES string of the molecule is CCN(CC(=O)Nc1ccc(N2CCOCC2)cc1)CC(=O)Nc1cc(C)nn1-c1ccc(F)cc1. The van der Waals surface area contributed by atoms with E-state index in [2.05, 4.69) is 20.6 Å². The number of likely N-dealkylation sites (N-methyl/N-ethyl adjacent to an activating group) is 1. The summed E-state index contributed by atoms with van der Waals surface area (Å²) in [5.74, 6) is -0.346. The van der Waals surface area contributed by atoms with Gasteiger partial charge in [-0.2, -0.15) is 5.10 Å². The van der Waals surface area contributed by atoms with E-state index >= 15 is 0 Å². The molecule has 1 fully saturated rings. The normalized spacial score (nSPS) is 13.6. The van der Waals surface area contributed by atoms with Crippen LogP contribution in [0.5, 0.6) is 0 Å². The van der Waals surface area contributed by atoms with E-state index < -0.39 is 0 Å². The lowest BCUT2D eigenvalue weighted by Crippen LogP contribution is -2.39. The summed E-state index contributed by atoms with van der Waals surface area (Å²) in [6, 6.07) is 15.3. The minimum Gasteiger partial charge on any atom is -0.378 e. The number of hydrogen-bond donors (Lipinski definition) is 2. The molecule has 0 atom stereocenters. The van der Waals surface area contributed by atoms with Crippen LogP contribution in [-0.4, -0.2) is 72.4 Å². The maximum absolute atomic E-state index is 13.3. The zero-order valence-electron chi connectivity index (χ0n) is 20.5. The Bertz CT molecular complexity index is 1170. The van der Waals surface area contributed by atoms with Crippen molar-refractivity contribution in [1.29, 1.82) is 0 Å². The van der Waals surface area contributed by atoms with Crippen LogP contribution < -0.4 is 15.5 Å². The number of halogens is 1. The molecular formula is C26H31FN6O3. The van der Waals surface area contributed by atoms with Crippen LogP contribution in [-0.2, 0) is 14.3 Å². The van der Waals surface area contributed by atoms with Crippen molar-refractivity contribution >= 4 is 29.0 Å². The molecule has 0 unspecified atom stereocenters. The summed E-state index contributed by atoms with van der Waals surface area (Å²) in [5.41, 5.74) is 3.14. The number of nitrogens with zero attached hydrogens (tertiary/aromatic N) is 4. The summed E-state index contributed by atoms with van der Waals surface area (Å²) in [5, 5.41) is 10.1. The highest BCUT2D eigenvalue weighted by atomic mass is 19.1. The van der Waals surface area contributed by atoms with Gasteiger partial charge in [0, 0.05) is 30.5 Å². The molecule has 9 nitrogen and oxygen atoms in total. The Morgan fingerprint density at radius 2 is 1.58 bits per heavy atom. The van der Waals surface area contributed by atoms with Crippen LogP contribution in [0.15, 0.2) is 54.6 Å². The lowest BCUT2D eigenvalue weighted by molar-refractivity contribution is -0.119. The van der Waals surface area contributed by atoms with Crippen LogP contribution in [0.3, 0.4) is 0 Å². The van der Waals surface area contributed by atoms with E-state index in [0.717, 1.165) is 18.8 Å². The molecule has 0 radical (unpaired) electrons. The van der Waals surface area contributed by atoms with Crippen LogP contribution in [0.2, 0.25) is 0 Å². The molecule has 3 aromatic rings. The van der Waals surface area contributed by atoms with Crippen molar-refractivity contribution in [2.24, 2.45) is 0 Å². The third-order valence-corrected chi connectivity index (χ3v) is 5.88. The molecule has 1 aromatic heterocycles. The van der Waals surface area contributed by atoms with E-state index in [0.29, 0.717) is 42.6 Å². The molecule has 1 saturated heterocycles. The van der Waals surface area contributed by atoms with Gasteiger partial charge >= 0.3 is 0 Å². The fourth-order valence-electron chi connectivity index (χ4n) is 4.01. The minimum atomic E-state index is -0.349. The maximum Gasteiger partial charge on any atom is 0.239 e. The molecule has 36 heavy (non-hydrogen) atoms. The molecule has 0 aliphatic carbocycles. The Labute approximate surface area is 209 Å². The third-order valence-electron chi connectivity index (χ3n) is 5.88. The topological polar surface area (TPSA) is 91.7 Å². The number of rotatable bonds is 9. The van der Waals surface area contributed by atoms with E-state index in [1.54, 1.807) is 27.8 Å². The number of aryl methyl sites for hydroxylation is 1. The Morgan fingerprint density at radius 1 is 0.972 bits per heavy atom. The first-order valence-corrected chi connectivity index (χ1v) is 12.0. The number of hydrogen-bond acceptors (Lipinski definition) is 6. The Hall–Kier alpha value is -3.76. The maximum atomic E-state index is 13.3. The van der Waals surface area contributed by atoms with Gasteiger partial charge in [0.15, 0.2) is 0 Å². The highest BCUT2D eigenvalue weighted by Gasteiger charge is 2.17. The fraction of sp³-hybridized carbons (Fsp3) is 0.346. The second kappa shape index (κ2) is 11.8. The monoisotopic (exact) mass is 494 g/mol. The number of carbonyl (C=O) groups is 2. The van der Waals surface area contributed by atoms with Crippen molar-refractivity contribution in [1.82, 2.24) is 14.7 Å². The molecule has 2 N–H and O–H groups in total. The highest BCUT2D eigenvalue weighted by Crippen LogP contribution is 2.20. The molecule has 2 heterocycles. The summed E-state index contributed by atoms with van der Waals surface area (Å²) >= 11 is 0. The molecule has 2 aromatic carbocycles. The number of anilines is 3. The van der Waals surface area contributed by atoms with Gasteiger partial charge in [0.2, 0.25) is 11.8 Å². The molecule has 1 aliphatic heterocycles. The van der Waals surface area contributed by atoms with Crippen LogP contribution >= 0.6 is 0 Å². The number of benzene rings is 2. The van der Waals surface area contributed by atoms with Gasteiger partial charge in [-0.1, -0.05) is 6.92 Å². The van der Waals surface area contributed by atoms with Gasteiger partial charge in [-0.05, 0) is 62.0 Å². The lowest BCUT2D eigenvalue weighted by atomic mass is 10.2. The smallest absolute Gasteiger partial charge is 0.239 e. The molecular weight excluding hydrogens is 463 g/mol. The van der Waals surface area contributed by atoms with Gasteiger partial charge in [-0.15, -0.1) is 0 Å². The molecule has 0 saturated carbocycles. The lowest BCUT2D eigenvalue weighted by Gasteiger charge is -2.29. The van der Waals surface area contributed by atoms with Crippen LogP contribution in [0, 0.1) is 12.7 Å². The van der Waals surface area contributed by atoms with Crippen molar-refractivity contribution in [2.45, 2.75) is 13.8 Å². The average Bonchev–Trinajstić information content (AvgIpc) is 3.24. The molecule has 1 aliphatic rings. The van der Waals surface area contributed by atoms with Crippen LogP contribution in [0.25, 0.3) is 5.69 Å². The fourth-order valence-corrected chi connectivity index (χ4v) is 4.01. The zero-order chi connectivity index (χ0) is 25.5. The molecule has 2 amide bonds. The summed E-state index contributed by atoms with van der Waals surface area (Å²) in [7, 11) is 0. The number of nitrogens with one attached hydrogen (secondary N) is 2. The number of amides is 2. The van der Waals surface area contributed by atoms with Crippen LogP contribution in [0.1, 0.15) is 12.6 Å². The first-order valence-electron chi connectivity index (χ1n) is 12.0. The van der Waals surface area contributed by atoms with Gasteiger partial charge in [0.1, 0.15) is 11.6 Å². The number of ether oxygens (including phenoxy) is 1. The molecule has 4 rings (SSSR count). The second-order valence-corrected chi connectivity index (χ2v) is 8.61. The van der Waals surface area contributed by atoms with Gasteiger partial charge in [-0.25, -0.2) is 9.07 Å². The van der Waals surface area contributed by atoms with Crippen molar-refractivity contribution in [3.63, 3.8) is 0 Å². The van der Waals surface area contributed by atoms with Crippen molar-refractivity contribution in [3.05, 3.63) is 66.1 Å². The predicted octanol–water partition coefficient (Wildman–Crippen LogP) is 3.06. The number of carbonyl (C=O) groups excluding carboxylic acids is 2. The zero-order valence-corrected chi connectivity index (χ0v) is 20.5. The van der Waals surface area contributed by atoms with E-state index in [-0.39, 0.29) is 30.7 Å². The highest BCUT2D eigenvalue weighted by molar-refractivity contribution is 5.94. The summed E-state index contributed by atoms with van der Waals surface area (Å²) < 4.78 is 20.2. The third kappa shape index (κ3) is 6.67. The quantitative estimate of drug-likeness (QED) is 0.475. The summed E-state index contributed by atoms with van der Waals surface area (Å²) in [6.45, 7) is 7.47. The van der Waals surface area contributed by atoms with E-state index in [4.69, 9.17) is 4.74 Å². The van der Waals surface area contributed by atoms with Crippen molar-refractivity contribution in [2.75, 3.05) is 61.5 Å². The van der Waals surface area contributed by atoms with Crippen LogP contribution in [0.4, 0.5) is 21.6 Å². The largest absolute Gasteiger partial charge is 0.378 e. The second-order valence-electron chi connectivity index (χ2n) is 8.61. The summed E-state index contributed by atoms with van der Waals surface area (Å²) in [6.07, 6.45) is 0. The van der Waals surface area contributed by atoms with Gasteiger partial charge in [0.05, 0.1) is 37.7 Å². The Morgan fingerprint density at radius 3 is 2.22 bits per heavy atom. The number of aromatic nitrogens is 2. The standard InChI is InChI=1S/C26H31FN6O3/c1-3-31(17-25(34)28-21-6-10-22(11-7-21)32-12-14-36-15-13-32)18-26(35)29-24-16-19(2)30-33(24)23-8-4-20(27)5-9-23/h4-11,16H,3,12-15,17-18H2,1-2H3,(H,28,34)(H,29,35). The predicted molar refractivity (Wildman–Crippen MR) is 137 cm³/mol. The molecule has 0 spiro atoms. The Kier molecular flexibility index (Phi) is 8.29. The van der Waals surface area contributed by atoms with E-state index in [1.807, 2.05) is 38.1 Å². The number of morpholine rings is 1. The first kappa shape index (κ1) is 25.3. The minimum absolute atomic E-state index is 0.0353. The van der Waals surface area contributed by atoms with E-state index in [9.17, 15) is 14.0 Å². The Balaban J connectivity index is 1.31. The van der Waals surface area contributed by atoms with E-state index in [1.165, 1.54) is 12.1 Å². The van der Waals surface area contributed by atoms with Gasteiger partial charge in [-0.3, -0.25) is 14.5 Å². The first-order chi connectivity index (χ1) is 17.4. The summed E-state index contributed by atoms with van der Waals surface area (Å²) in [4.78, 5) is 29.4.